The van der Waals surface area contributed by atoms with Crippen LogP contribution >= 0.6 is 0 Å². The molecular weight excluding hydrogens is 302 g/mol. The number of ether oxygens (including phenoxy) is 1. The summed E-state index contributed by atoms with van der Waals surface area (Å²) in [7, 11) is 2.02. The number of likely N-dealkylation sites (tertiary alicyclic amines) is 1. The van der Waals surface area contributed by atoms with Crippen molar-refractivity contribution in [3.63, 3.8) is 0 Å². The lowest BCUT2D eigenvalue weighted by Gasteiger charge is -2.38. The molecule has 2 fully saturated rings. The molecule has 4 heterocycles. The van der Waals surface area contributed by atoms with Crippen molar-refractivity contribution < 1.29 is 4.74 Å². The summed E-state index contributed by atoms with van der Waals surface area (Å²) in [5, 5.41) is 4.26. The van der Waals surface area contributed by atoms with Gasteiger partial charge in [-0.15, -0.1) is 0 Å². The van der Waals surface area contributed by atoms with Crippen LogP contribution in [-0.2, 0) is 24.8 Å². The number of rotatable bonds is 4. The van der Waals surface area contributed by atoms with Crippen molar-refractivity contribution in [3.05, 3.63) is 42.2 Å². The van der Waals surface area contributed by atoms with Gasteiger partial charge >= 0.3 is 0 Å². The first-order valence-corrected chi connectivity index (χ1v) is 8.78. The van der Waals surface area contributed by atoms with E-state index in [2.05, 4.69) is 26.0 Å². The molecule has 0 aromatic carbocycles. The summed E-state index contributed by atoms with van der Waals surface area (Å²) in [6.07, 6.45) is 12.0. The molecule has 0 amide bonds. The van der Waals surface area contributed by atoms with Crippen LogP contribution in [0.15, 0.2) is 30.9 Å². The molecule has 0 bridgehead atoms. The summed E-state index contributed by atoms with van der Waals surface area (Å²) in [6, 6.07) is 2.11. The maximum absolute atomic E-state index is 6.11. The first-order valence-electron chi connectivity index (χ1n) is 8.78. The molecule has 6 heteroatoms. The quantitative estimate of drug-likeness (QED) is 0.857. The van der Waals surface area contributed by atoms with Crippen molar-refractivity contribution >= 4 is 0 Å². The summed E-state index contributed by atoms with van der Waals surface area (Å²) in [6.45, 7) is 4.19. The van der Waals surface area contributed by atoms with E-state index in [1.54, 1.807) is 12.4 Å². The molecule has 2 aromatic heterocycles. The van der Waals surface area contributed by atoms with Gasteiger partial charge in [0, 0.05) is 44.8 Å². The van der Waals surface area contributed by atoms with Gasteiger partial charge in [0.05, 0.1) is 24.1 Å². The van der Waals surface area contributed by atoms with Gasteiger partial charge in [-0.25, -0.2) is 0 Å². The van der Waals surface area contributed by atoms with E-state index in [0.29, 0.717) is 11.5 Å². The van der Waals surface area contributed by atoms with Crippen molar-refractivity contribution in [1.29, 1.82) is 0 Å². The summed E-state index contributed by atoms with van der Waals surface area (Å²) < 4.78 is 8.08. The molecule has 2 aromatic rings. The minimum atomic E-state index is 0.297. The molecule has 0 aliphatic carbocycles. The zero-order chi connectivity index (χ0) is 16.4. The van der Waals surface area contributed by atoms with Crippen LogP contribution in [0, 0.1) is 5.41 Å². The van der Waals surface area contributed by atoms with Crippen LogP contribution in [-0.4, -0.2) is 50.4 Å². The lowest BCUT2D eigenvalue weighted by atomic mass is 9.76. The van der Waals surface area contributed by atoms with E-state index in [1.807, 2.05) is 24.1 Å². The first-order chi connectivity index (χ1) is 11.7. The second-order valence-corrected chi connectivity index (χ2v) is 7.26. The highest BCUT2D eigenvalue weighted by atomic mass is 16.5. The minimum Gasteiger partial charge on any atom is -0.377 e. The molecule has 0 radical (unpaired) electrons. The van der Waals surface area contributed by atoms with E-state index in [4.69, 9.17) is 4.74 Å². The molecule has 24 heavy (non-hydrogen) atoms. The second kappa shape index (κ2) is 6.61. The Morgan fingerprint density at radius 2 is 2.12 bits per heavy atom. The number of piperidine rings is 1. The molecule has 0 saturated carbocycles. The summed E-state index contributed by atoms with van der Waals surface area (Å²) in [4.78, 5) is 11.1. The Morgan fingerprint density at radius 1 is 1.25 bits per heavy atom. The van der Waals surface area contributed by atoms with Gasteiger partial charge in [-0.3, -0.25) is 19.5 Å². The predicted molar refractivity (Wildman–Crippen MR) is 90.2 cm³/mol. The van der Waals surface area contributed by atoms with Crippen LogP contribution in [0.5, 0.6) is 0 Å². The smallest absolute Gasteiger partial charge is 0.0637 e. The first kappa shape index (κ1) is 15.7. The lowest BCUT2D eigenvalue weighted by molar-refractivity contribution is 0.0623. The van der Waals surface area contributed by atoms with Crippen LogP contribution < -0.4 is 0 Å². The topological polar surface area (TPSA) is 56.1 Å². The average Bonchev–Trinajstić information content (AvgIpc) is 3.18. The molecule has 1 spiro atoms. The summed E-state index contributed by atoms with van der Waals surface area (Å²) in [5.41, 5.74) is 2.69. The van der Waals surface area contributed by atoms with Gasteiger partial charge in [-0.1, -0.05) is 0 Å². The monoisotopic (exact) mass is 327 g/mol. The van der Waals surface area contributed by atoms with Gasteiger partial charge in [0.15, 0.2) is 0 Å². The van der Waals surface area contributed by atoms with Crippen molar-refractivity contribution in [1.82, 2.24) is 24.6 Å². The van der Waals surface area contributed by atoms with Crippen LogP contribution in [0.3, 0.4) is 0 Å². The SMILES string of the molecule is Cn1nccc1CN1CCC2(CC1)COC(Cc1cnccn1)C2. The molecule has 2 saturated heterocycles. The van der Waals surface area contributed by atoms with Crippen LogP contribution in [0.1, 0.15) is 30.7 Å². The van der Waals surface area contributed by atoms with Gasteiger partial charge in [0.1, 0.15) is 0 Å². The standard InChI is InChI=1S/C18H25N5O/c1-22-16(2-5-21-22)13-23-8-3-18(4-9-23)11-17(24-14-18)10-15-12-19-6-7-20-15/h2,5-7,12,17H,3-4,8-11,13-14H2,1H3. The van der Waals surface area contributed by atoms with E-state index < -0.39 is 0 Å². The molecule has 0 N–H and O–H groups in total. The molecule has 1 unspecified atom stereocenters. The minimum absolute atomic E-state index is 0.297. The fourth-order valence-electron chi connectivity index (χ4n) is 4.01. The number of hydrogen-bond acceptors (Lipinski definition) is 5. The third-order valence-electron chi connectivity index (χ3n) is 5.56. The Balaban J connectivity index is 1.30. The third kappa shape index (κ3) is 3.35. The highest BCUT2D eigenvalue weighted by molar-refractivity contribution is 5.03. The molecule has 1 atom stereocenters. The highest BCUT2D eigenvalue weighted by Crippen LogP contribution is 2.42. The van der Waals surface area contributed by atoms with Crippen LogP contribution in [0.25, 0.3) is 0 Å². The van der Waals surface area contributed by atoms with Gasteiger partial charge in [-0.05, 0) is 43.8 Å². The van der Waals surface area contributed by atoms with Crippen LogP contribution in [0.2, 0.25) is 0 Å². The molecule has 2 aliphatic rings. The fraction of sp³-hybridized carbons (Fsp3) is 0.611. The Morgan fingerprint density at radius 3 is 2.83 bits per heavy atom. The Kier molecular flexibility index (Phi) is 4.33. The highest BCUT2D eigenvalue weighted by Gasteiger charge is 2.42. The van der Waals surface area contributed by atoms with Crippen molar-refractivity contribution in [2.24, 2.45) is 12.5 Å². The fourth-order valence-corrected chi connectivity index (χ4v) is 4.01. The average molecular weight is 327 g/mol. The van der Waals surface area contributed by atoms with Crippen molar-refractivity contribution in [2.45, 2.75) is 38.3 Å². The second-order valence-electron chi connectivity index (χ2n) is 7.26. The Bertz CT molecular complexity index is 663. The van der Waals surface area contributed by atoms with E-state index in [0.717, 1.165) is 44.8 Å². The lowest BCUT2D eigenvalue weighted by Crippen LogP contribution is -2.40. The zero-order valence-corrected chi connectivity index (χ0v) is 14.3. The van der Waals surface area contributed by atoms with Gasteiger partial charge in [0.2, 0.25) is 0 Å². The number of aromatic nitrogens is 4. The Labute approximate surface area is 142 Å². The predicted octanol–water partition coefficient (Wildman–Crippen LogP) is 1.82. The third-order valence-corrected chi connectivity index (χ3v) is 5.56. The van der Waals surface area contributed by atoms with Gasteiger partial charge < -0.3 is 4.74 Å². The van der Waals surface area contributed by atoms with E-state index >= 15 is 0 Å². The summed E-state index contributed by atoms with van der Waals surface area (Å²) >= 11 is 0. The maximum Gasteiger partial charge on any atom is 0.0637 e. The number of nitrogens with zero attached hydrogens (tertiary/aromatic N) is 5. The Hall–Kier alpha value is -1.79. The normalized spacial score (nSPS) is 23.8. The van der Waals surface area contributed by atoms with Gasteiger partial charge in [0.25, 0.3) is 0 Å². The number of aryl methyl sites for hydroxylation is 1. The van der Waals surface area contributed by atoms with E-state index in [1.165, 1.54) is 18.5 Å². The van der Waals surface area contributed by atoms with Crippen molar-refractivity contribution in [2.75, 3.05) is 19.7 Å². The van der Waals surface area contributed by atoms with Gasteiger partial charge in [-0.2, -0.15) is 5.10 Å². The van der Waals surface area contributed by atoms with Crippen LogP contribution in [0.4, 0.5) is 0 Å². The van der Waals surface area contributed by atoms with E-state index in [-0.39, 0.29) is 0 Å². The zero-order valence-electron chi connectivity index (χ0n) is 14.3. The van der Waals surface area contributed by atoms with E-state index in [9.17, 15) is 0 Å². The number of hydrogen-bond donors (Lipinski definition) is 0. The molecule has 128 valence electrons. The largest absolute Gasteiger partial charge is 0.377 e. The molecular formula is C18H25N5O. The maximum atomic E-state index is 6.11. The molecule has 4 rings (SSSR count). The van der Waals surface area contributed by atoms with Crippen molar-refractivity contribution in [3.8, 4) is 0 Å². The molecule has 6 nitrogen and oxygen atoms in total. The molecule has 2 aliphatic heterocycles. The summed E-state index contributed by atoms with van der Waals surface area (Å²) in [5.74, 6) is 0.